The van der Waals surface area contributed by atoms with Gasteiger partial charge in [0.1, 0.15) is 0 Å². The minimum absolute atomic E-state index is 0.0365. The quantitative estimate of drug-likeness (QED) is 0.855. The van der Waals surface area contributed by atoms with E-state index in [-0.39, 0.29) is 11.8 Å². The maximum atomic E-state index is 12.6. The van der Waals surface area contributed by atoms with E-state index in [0.29, 0.717) is 26.2 Å². The lowest BCUT2D eigenvalue weighted by Gasteiger charge is -2.25. The van der Waals surface area contributed by atoms with E-state index in [4.69, 9.17) is 11.5 Å². The Bertz CT molecular complexity index is 458. The lowest BCUT2D eigenvalue weighted by molar-refractivity contribution is -0.132. The zero-order valence-corrected chi connectivity index (χ0v) is 12.5. The van der Waals surface area contributed by atoms with E-state index in [1.54, 1.807) is 4.90 Å². The molecule has 104 valence electrons. The topological polar surface area (TPSA) is 72.3 Å². The van der Waals surface area contributed by atoms with Crippen LogP contribution in [0.15, 0.2) is 22.7 Å². The third kappa shape index (κ3) is 2.99. The van der Waals surface area contributed by atoms with Gasteiger partial charge in [-0.05, 0) is 30.0 Å². The van der Waals surface area contributed by atoms with E-state index in [2.05, 4.69) is 22.0 Å². The van der Waals surface area contributed by atoms with Gasteiger partial charge in [-0.25, -0.2) is 0 Å². The number of nitrogens with zero attached hydrogens (tertiary/aromatic N) is 1. The molecule has 0 heterocycles. The molecule has 1 amide bonds. The van der Waals surface area contributed by atoms with E-state index in [9.17, 15) is 4.79 Å². The van der Waals surface area contributed by atoms with Crippen molar-refractivity contribution in [3.8, 4) is 0 Å². The third-order valence-electron chi connectivity index (χ3n) is 3.62. The average Bonchev–Trinajstić information content (AvgIpc) is 2.83. The largest absolute Gasteiger partial charge is 0.340 e. The Kier molecular flexibility index (Phi) is 4.96. The highest BCUT2D eigenvalue weighted by atomic mass is 79.9. The zero-order chi connectivity index (χ0) is 13.8. The summed E-state index contributed by atoms with van der Waals surface area (Å²) in [6.45, 7) is 2.11. The van der Waals surface area contributed by atoms with E-state index >= 15 is 0 Å². The van der Waals surface area contributed by atoms with Crippen LogP contribution in [-0.2, 0) is 11.2 Å². The highest BCUT2D eigenvalue weighted by Crippen LogP contribution is 2.38. The number of hydrogen-bond donors (Lipinski definition) is 2. The van der Waals surface area contributed by atoms with Gasteiger partial charge in [0, 0.05) is 30.7 Å². The number of hydrogen-bond acceptors (Lipinski definition) is 3. The molecule has 5 heteroatoms. The molecule has 1 aromatic rings. The molecule has 0 aliphatic heterocycles. The Balaban J connectivity index is 2.20. The zero-order valence-electron chi connectivity index (χ0n) is 10.9. The van der Waals surface area contributed by atoms with Gasteiger partial charge in [-0.3, -0.25) is 4.79 Å². The van der Waals surface area contributed by atoms with Crippen LogP contribution in [0.5, 0.6) is 0 Å². The van der Waals surface area contributed by atoms with Crippen molar-refractivity contribution in [1.29, 1.82) is 0 Å². The second-order valence-corrected chi connectivity index (χ2v) is 5.66. The van der Waals surface area contributed by atoms with Crippen molar-refractivity contribution in [2.45, 2.75) is 18.8 Å². The summed E-state index contributed by atoms with van der Waals surface area (Å²) in [5.74, 6) is 0.123. The fourth-order valence-corrected chi connectivity index (χ4v) is 3.31. The summed E-state index contributed by atoms with van der Waals surface area (Å²) in [5.41, 5.74) is 13.6. The second-order valence-electron chi connectivity index (χ2n) is 4.80. The van der Waals surface area contributed by atoms with Gasteiger partial charge in [-0.2, -0.15) is 0 Å². The molecule has 0 saturated carbocycles. The molecule has 2 rings (SSSR count). The van der Waals surface area contributed by atoms with E-state index in [1.165, 1.54) is 5.56 Å². The second kappa shape index (κ2) is 6.50. The summed E-state index contributed by atoms with van der Waals surface area (Å²) >= 11 is 3.56. The van der Waals surface area contributed by atoms with Crippen molar-refractivity contribution in [2.75, 3.05) is 26.2 Å². The summed E-state index contributed by atoms with van der Waals surface area (Å²) in [6.07, 6.45) is 1.83. The van der Waals surface area contributed by atoms with Crippen molar-refractivity contribution >= 4 is 21.8 Å². The normalized spacial score (nSPS) is 17.3. The standard InChI is InChI=1S/C14H20BrN3O/c15-13-3-1-2-10-11(13)4-5-12(10)14(19)18(8-6-16)9-7-17/h1-3,12H,4-9,16-17H2. The van der Waals surface area contributed by atoms with Crippen molar-refractivity contribution in [3.05, 3.63) is 33.8 Å². The van der Waals surface area contributed by atoms with Gasteiger partial charge in [-0.15, -0.1) is 0 Å². The lowest BCUT2D eigenvalue weighted by atomic mass is 10.00. The molecule has 0 spiro atoms. The number of carbonyl (C=O) groups excluding carboxylic acids is 1. The lowest BCUT2D eigenvalue weighted by Crippen LogP contribution is -2.41. The number of benzene rings is 1. The number of carbonyl (C=O) groups is 1. The Morgan fingerprint density at radius 2 is 2.00 bits per heavy atom. The van der Waals surface area contributed by atoms with Crippen LogP contribution >= 0.6 is 15.9 Å². The molecule has 1 aliphatic carbocycles. The average molecular weight is 326 g/mol. The Morgan fingerprint density at radius 3 is 2.63 bits per heavy atom. The molecule has 0 saturated heterocycles. The molecular formula is C14H20BrN3O. The third-order valence-corrected chi connectivity index (χ3v) is 4.36. The fraction of sp³-hybridized carbons (Fsp3) is 0.500. The Morgan fingerprint density at radius 1 is 1.32 bits per heavy atom. The van der Waals surface area contributed by atoms with Gasteiger partial charge in [-0.1, -0.05) is 28.1 Å². The van der Waals surface area contributed by atoms with Crippen LogP contribution < -0.4 is 11.5 Å². The summed E-state index contributed by atoms with van der Waals surface area (Å²) < 4.78 is 1.10. The van der Waals surface area contributed by atoms with E-state index < -0.39 is 0 Å². The summed E-state index contributed by atoms with van der Waals surface area (Å²) in [7, 11) is 0. The minimum atomic E-state index is -0.0365. The first-order valence-corrected chi connectivity index (χ1v) is 7.44. The maximum Gasteiger partial charge on any atom is 0.230 e. The molecule has 4 N–H and O–H groups in total. The molecule has 4 nitrogen and oxygen atoms in total. The highest BCUT2D eigenvalue weighted by Gasteiger charge is 2.32. The van der Waals surface area contributed by atoms with Crippen LogP contribution in [-0.4, -0.2) is 37.0 Å². The number of amides is 1. The van der Waals surface area contributed by atoms with Gasteiger partial charge in [0.15, 0.2) is 0 Å². The van der Waals surface area contributed by atoms with Crippen LogP contribution in [0.2, 0.25) is 0 Å². The highest BCUT2D eigenvalue weighted by molar-refractivity contribution is 9.10. The SMILES string of the molecule is NCCN(CCN)C(=O)C1CCc2c(Br)cccc21. The molecule has 0 aromatic heterocycles. The fourth-order valence-electron chi connectivity index (χ4n) is 2.73. The maximum absolute atomic E-state index is 12.6. The van der Waals surface area contributed by atoms with Gasteiger partial charge in [0.05, 0.1) is 5.92 Å². The molecule has 1 aromatic carbocycles. The minimum Gasteiger partial charge on any atom is -0.340 e. The smallest absolute Gasteiger partial charge is 0.230 e. The van der Waals surface area contributed by atoms with Crippen molar-refractivity contribution in [2.24, 2.45) is 11.5 Å². The molecule has 0 bridgehead atoms. The van der Waals surface area contributed by atoms with Crippen molar-refractivity contribution in [1.82, 2.24) is 4.90 Å². The summed E-state index contributed by atoms with van der Waals surface area (Å²) in [5, 5.41) is 0. The first kappa shape index (κ1) is 14.5. The molecule has 0 fully saturated rings. The van der Waals surface area contributed by atoms with Crippen molar-refractivity contribution < 1.29 is 4.79 Å². The monoisotopic (exact) mass is 325 g/mol. The van der Waals surface area contributed by atoms with Crippen molar-refractivity contribution in [3.63, 3.8) is 0 Å². The first-order valence-electron chi connectivity index (χ1n) is 6.65. The summed E-state index contributed by atoms with van der Waals surface area (Å²) in [4.78, 5) is 14.4. The molecule has 1 unspecified atom stereocenters. The predicted octanol–water partition coefficient (Wildman–Crippen LogP) is 1.22. The van der Waals surface area contributed by atoms with Crippen LogP contribution in [0.4, 0.5) is 0 Å². The van der Waals surface area contributed by atoms with Crippen LogP contribution in [0.25, 0.3) is 0 Å². The molecule has 19 heavy (non-hydrogen) atoms. The van der Waals surface area contributed by atoms with Gasteiger partial charge in [0.25, 0.3) is 0 Å². The Labute approximate surface area is 122 Å². The van der Waals surface area contributed by atoms with Crippen LogP contribution in [0.1, 0.15) is 23.5 Å². The number of nitrogens with two attached hydrogens (primary N) is 2. The number of halogens is 1. The molecular weight excluding hydrogens is 306 g/mol. The number of fused-ring (bicyclic) bond motifs is 1. The van der Waals surface area contributed by atoms with Crippen LogP contribution in [0, 0.1) is 0 Å². The molecule has 0 radical (unpaired) electrons. The summed E-state index contributed by atoms with van der Waals surface area (Å²) in [6, 6.07) is 6.08. The van der Waals surface area contributed by atoms with Gasteiger partial charge < -0.3 is 16.4 Å². The van der Waals surface area contributed by atoms with Gasteiger partial charge in [0.2, 0.25) is 5.91 Å². The number of rotatable bonds is 5. The molecule has 1 atom stereocenters. The van der Waals surface area contributed by atoms with E-state index in [0.717, 1.165) is 22.9 Å². The molecule has 1 aliphatic rings. The predicted molar refractivity (Wildman–Crippen MR) is 79.9 cm³/mol. The Hall–Kier alpha value is -0.910. The van der Waals surface area contributed by atoms with Crippen LogP contribution in [0.3, 0.4) is 0 Å². The van der Waals surface area contributed by atoms with E-state index in [1.807, 2.05) is 12.1 Å². The van der Waals surface area contributed by atoms with Gasteiger partial charge >= 0.3 is 0 Å². The first-order chi connectivity index (χ1) is 9.19.